The molecule has 0 spiro atoms. The van der Waals surface area contributed by atoms with Crippen molar-refractivity contribution in [1.82, 2.24) is 4.90 Å². The van der Waals surface area contributed by atoms with Gasteiger partial charge in [-0.15, -0.1) is 6.58 Å². The fourth-order valence-electron chi connectivity index (χ4n) is 1.67. The van der Waals surface area contributed by atoms with E-state index in [1.54, 1.807) is 0 Å². The minimum Gasteiger partial charge on any atom is -0.395 e. The Labute approximate surface area is 82.3 Å². The first-order valence-corrected chi connectivity index (χ1v) is 5.25. The summed E-state index contributed by atoms with van der Waals surface area (Å²) in [6.07, 6.45) is 5.27. The lowest BCUT2D eigenvalue weighted by Crippen LogP contribution is -2.37. The van der Waals surface area contributed by atoms with Gasteiger partial charge in [-0.1, -0.05) is 19.9 Å². The third-order valence-corrected chi connectivity index (χ3v) is 2.47. The Bertz CT molecular complexity index is 121. The summed E-state index contributed by atoms with van der Waals surface area (Å²) in [4.78, 5) is 2.35. The van der Waals surface area contributed by atoms with Crippen LogP contribution in [0.5, 0.6) is 0 Å². The topological polar surface area (TPSA) is 23.5 Å². The molecule has 0 rings (SSSR count). The van der Waals surface area contributed by atoms with E-state index in [4.69, 9.17) is 5.11 Å². The first kappa shape index (κ1) is 12.7. The summed E-state index contributed by atoms with van der Waals surface area (Å²) in [6.45, 7) is 10.2. The molecule has 0 aliphatic carbocycles. The van der Waals surface area contributed by atoms with Crippen LogP contribution in [0.25, 0.3) is 0 Å². The van der Waals surface area contributed by atoms with Crippen LogP contribution < -0.4 is 0 Å². The van der Waals surface area contributed by atoms with E-state index in [2.05, 4.69) is 25.3 Å². The van der Waals surface area contributed by atoms with E-state index in [1.165, 1.54) is 0 Å². The van der Waals surface area contributed by atoms with Crippen LogP contribution in [-0.2, 0) is 0 Å². The van der Waals surface area contributed by atoms with E-state index < -0.39 is 0 Å². The molecule has 0 amide bonds. The van der Waals surface area contributed by atoms with E-state index >= 15 is 0 Å². The molecule has 13 heavy (non-hydrogen) atoms. The highest BCUT2D eigenvalue weighted by Crippen LogP contribution is 2.08. The second-order valence-electron chi connectivity index (χ2n) is 3.31. The van der Waals surface area contributed by atoms with Crippen LogP contribution in [0, 0.1) is 0 Å². The first-order valence-electron chi connectivity index (χ1n) is 5.25. The molecule has 0 bridgehead atoms. The predicted octanol–water partition coefficient (Wildman–Crippen LogP) is 2.05. The number of hydrogen-bond donors (Lipinski definition) is 1. The van der Waals surface area contributed by atoms with Gasteiger partial charge in [0.1, 0.15) is 0 Å². The molecule has 0 unspecified atom stereocenters. The maximum atomic E-state index is 8.91. The average Bonchev–Trinajstić information content (AvgIpc) is 2.16. The van der Waals surface area contributed by atoms with E-state index in [0.29, 0.717) is 6.04 Å². The van der Waals surface area contributed by atoms with E-state index in [0.717, 1.165) is 32.4 Å². The number of nitrogens with zero attached hydrogens (tertiary/aromatic N) is 1. The van der Waals surface area contributed by atoms with Crippen LogP contribution in [0.4, 0.5) is 0 Å². The van der Waals surface area contributed by atoms with Crippen LogP contribution in [0.3, 0.4) is 0 Å². The smallest absolute Gasteiger partial charge is 0.0558 e. The molecule has 2 nitrogen and oxygen atoms in total. The summed E-state index contributed by atoms with van der Waals surface area (Å²) in [5.74, 6) is 0. The minimum atomic E-state index is 0.258. The Hall–Kier alpha value is -0.340. The largest absolute Gasteiger partial charge is 0.395 e. The molecule has 0 radical (unpaired) electrons. The molecule has 2 heteroatoms. The van der Waals surface area contributed by atoms with Crippen molar-refractivity contribution in [3.63, 3.8) is 0 Å². The normalized spacial score (nSPS) is 11.2. The third kappa shape index (κ3) is 5.06. The van der Waals surface area contributed by atoms with Crippen molar-refractivity contribution in [3.8, 4) is 0 Å². The predicted molar refractivity (Wildman–Crippen MR) is 57.8 cm³/mol. The summed E-state index contributed by atoms with van der Waals surface area (Å²) in [7, 11) is 0. The first-order chi connectivity index (χ1) is 6.29. The van der Waals surface area contributed by atoms with Crippen LogP contribution in [0.15, 0.2) is 12.7 Å². The maximum absolute atomic E-state index is 8.91. The van der Waals surface area contributed by atoms with Gasteiger partial charge in [0, 0.05) is 19.1 Å². The van der Waals surface area contributed by atoms with Crippen LogP contribution in [0.2, 0.25) is 0 Å². The molecule has 0 aromatic carbocycles. The third-order valence-electron chi connectivity index (χ3n) is 2.47. The standard InChI is InChI=1S/C11H23NO/c1-4-7-8-12(9-10-13)11(5-2)6-3/h4,11,13H,1,5-10H2,2-3H3. The molecule has 1 N–H and O–H groups in total. The van der Waals surface area contributed by atoms with Gasteiger partial charge >= 0.3 is 0 Å². The fraction of sp³-hybridized carbons (Fsp3) is 0.818. The van der Waals surface area contributed by atoms with Gasteiger partial charge in [0.2, 0.25) is 0 Å². The Balaban J connectivity index is 3.94. The van der Waals surface area contributed by atoms with Crippen molar-refractivity contribution in [2.24, 2.45) is 0 Å². The summed E-state index contributed by atoms with van der Waals surface area (Å²) < 4.78 is 0. The van der Waals surface area contributed by atoms with Gasteiger partial charge in [-0.05, 0) is 19.3 Å². The zero-order chi connectivity index (χ0) is 10.1. The maximum Gasteiger partial charge on any atom is 0.0558 e. The molecule has 0 saturated carbocycles. The molecule has 0 aliphatic rings. The van der Waals surface area contributed by atoms with Gasteiger partial charge in [0.25, 0.3) is 0 Å². The minimum absolute atomic E-state index is 0.258. The van der Waals surface area contributed by atoms with Gasteiger partial charge in [-0.2, -0.15) is 0 Å². The Morgan fingerprint density at radius 2 is 1.92 bits per heavy atom. The van der Waals surface area contributed by atoms with Gasteiger partial charge in [-0.25, -0.2) is 0 Å². The van der Waals surface area contributed by atoms with Crippen molar-refractivity contribution in [2.45, 2.75) is 39.2 Å². The molecular weight excluding hydrogens is 162 g/mol. The van der Waals surface area contributed by atoms with E-state index in [1.807, 2.05) is 6.08 Å². The van der Waals surface area contributed by atoms with Crippen molar-refractivity contribution in [1.29, 1.82) is 0 Å². The SMILES string of the molecule is C=CCCN(CCO)C(CC)CC. The van der Waals surface area contributed by atoms with Crippen LogP contribution >= 0.6 is 0 Å². The fourth-order valence-corrected chi connectivity index (χ4v) is 1.67. The number of rotatable bonds is 8. The van der Waals surface area contributed by atoms with E-state index in [9.17, 15) is 0 Å². The van der Waals surface area contributed by atoms with Gasteiger partial charge in [0.15, 0.2) is 0 Å². The number of hydrogen-bond acceptors (Lipinski definition) is 2. The lowest BCUT2D eigenvalue weighted by molar-refractivity contribution is 0.146. The molecule has 0 heterocycles. The van der Waals surface area contributed by atoms with Crippen LogP contribution in [-0.4, -0.2) is 35.7 Å². The van der Waals surface area contributed by atoms with Gasteiger partial charge in [0.05, 0.1) is 6.61 Å². The molecule has 0 fully saturated rings. The van der Waals surface area contributed by atoms with E-state index in [-0.39, 0.29) is 6.61 Å². The molecule has 0 atom stereocenters. The Morgan fingerprint density at radius 1 is 1.31 bits per heavy atom. The number of aliphatic hydroxyl groups is 1. The van der Waals surface area contributed by atoms with Crippen molar-refractivity contribution in [3.05, 3.63) is 12.7 Å². The molecule has 0 saturated heterocycles. The zero-order valence-corrected chi connectivity index (χ0v) is 9.00. The summed E-state index contributed by atoms with van der Waals surface area (Å²) >= 11 is 0. The van der Waals surface area contributed by atoms with Gasteiger partial charge in [-0.3, -0.25) is 4.90 Å². The lowest BCUT2D eigenvalue weighted by Gasteiger charge is -2.29. The molecular formula is C11H23NO. The second-order valence-corrected chi connectivity index (χ2v) is 3.31. The van der Waals surface area contributed by atoms with Gasteiger partial charge < -0.3 is 5.11 Å². The van der Waals surface area contributed by atoms with Crippen molar-refractivity contribution in [2.75, 3.05) is 19.7 Å². The monoisotopic (exact) mass is 185 g/mol. The molecule has 78 valence electrons. The number of aliphatic hydroxyl groups excluding tert-OH is 1. The summed E-state index contributed by atoms with van der Waals surface area (Å²) in [5, 5.41) is 8.91. The lowest BCUT2D eigenvalue weighted by atomic mass is 10.1. The highest BCUT2D eigenvalue weighted by molar-refractivity contribution is 4.74. The quantitative estimate of drug-likeness (QED) is 0.585. The Kier molecular flexibility index (Phi) is 8.05. The molecule has 0 aliphatic heterocycles. The Morgan fingerprint density at radius 3 is 2.31 bits per heavy atom. The summed E-state index contributed by atoms with van der Waals surface area (Å²) in [5.41, 5.74) is 0. The second kappa shape index (κ2) is 8.27. The summed E-state index contributed by atoms with van der Waals surface area (Å²) in [6, 6.07) is 0.618. The zero-order valence-electron chi connectivity index (χ0n) is 9.00. The molecule has 0 aromatic heterocycles. The average molecular weight is 185 g/mol. The molecule has 0 aromatic rings. The van der Waals surface area contributed by atoms with Crippen LogP contribution in [0.1, 0.15) is 33.1 Å². The highest BCUT2D eigenvalue weighted by atomic mass is 16.3. The van der Waals surface area contributed by atoms with Crippen molar-refractivity contribution < 1.29 is 5.11 Å². The van der Waals surface area contributed by atoms with Crippen molar-refractivity contribution >= 4 is 0 Å². The highest BCUT2D eigenvalue weighted by Gasteiger charge is 2.12.